The van der Waals surface area contributed by atoms with Crippen LogP contribution in [0, 0.1) is 0 Å². The van der Waals surface area contributed by atoms with Crippen LogP contribution in [0.25, 0.3) is 143 Å². The molecule has 5 nitrogen and oxygen atoms in total. The number of hydrogen-bond acceptors (Lipinski definition) is 3. The highest BCUT2D eigenvalue weighted by Crippen LogP contribution is 2.42. The summed E-state index contributed by atoms with van der Waals surface area (Å²) in [6, 6.07) is 85.3. The van der Waals surface area contributed by atoms with Crippen molar-refractivity contribution in [1.29, 1.82) is 0 Å². The Morgan fingerprint density at radius 1 is 0.257 bits per heavy atom. The summed E-state index contributed by atoms with van der Waals surface area (Å²) in [6.45, 7) is 0. The lowest BCUT2D eigenvalue weighted by atomic mass is 9.96. The van der Waals surface area contributed by atoms with Crippen LogP contribution in [0.3, 0.4) is 0 Å². The predicted octanol–water partition coefficient (Wildman–Crippen LogP) is 16.8. The van der Waals surface area contributed by atoms with Gasteiger partial charge < -0.3 is 9.13 Å². The molecule has 0 amide bonds. The van der Waals surface area contributed by atoms with E-state index in [0.29, 0.717) is 17.5 Å². The van der Waals surface area contributed by atoms with Crippen molar-refractivity contribution < 1.29 is 0 Å². The van der Waals surface area contributed by atoms with Crippen molar-refractivity contribution in [1.82, 2.24) is 24.1 Å². The first-order chi connectivity index (χ1) is 34.7. The second kappa shape index (κ2) is 15.0. The Labute approximate surface area is 401 Å². The molecule has 0 radical (unpaired) electrons. The molecule has 0 unspecified atom stereocenters. The lowest BCUT2D eigenvalue weighted by Gasteiger charge is -2.17. The van der Waals surface area contributed by atoms with E-state index in [1.807, 2.05) is 18.2 Å². The summed E-state index contributed by atoms with van der Waals surface area (Å²) in [4.78, 5) is 16.2. The maximum Gasteiger partial charge on any atom is 0.166 e. The van der Waals surface area contributed by atoms with Crippen LogP contribution in [0.2, 0.25) is 0 Å². The normalized spacial score (nSPS) is 12.0. The third-order valence-electron chi connectivity index (χ3n) is 14.5. The molecule has 0 aliphatic carbocycles. The lowest BCUT2D eigenvalue weighted by Crippen LogP contribution is -2.04. The quantitative estimate of drug-likeness (QED) is 0.162. The topological polar surface area (TPSA) is 48.5 Å². The number of aromatic nitrogens is 5. The Bertz CT molecular complexity index is 4660. The standard InChI is InChI=1S/C65H39N5/c1-2-17-41(18-3-1)63-66-64(56-36-45-21-7-8-22-48(45)50-24-10-11-25-51(50)56)68-65(67-63)57-35-42-19-4-5-20-43(42)38-61(57)70-59-29-15-13-27-53(59)55-37-46-34-47(32-30-44(46)39-60(55)70)69-58-28-14-12-26-52(58)54-33-31-40-16-6-9-23-49(40)62(54)69/h1-39H. The molecule has 12 aromatic carbocycles. The monoisotopic (exact) mass is 889 g/mol. The molecule has 0 N–H and O–H groups in total. The first-order valence-corrected chi connectivity index (χ1v) is 23.8. The van der Waals surface area contributed by atoms with E-state index < -0.39 is 0 Å². The average Bonchev–Trinajstić information content (AvgIpc) is 3.94. The van der Waals surface area contributed by atoms with Crippen molar-refractivity contribution >= 4 is 97.5 Å². The van der Waals surface area contributed by atoms with Gasteiger partial charge in [-0.1, -0.05) is 182 Å². The molecule has 0 aliphatic heterocycles. The molecule has 15 aromatic rings. The van der Waals surface area contributed by atoms with E-state index in [9.17, 15) is 0 Å². The summed E-state index contributed by atoms with van der Waals surface area (Å²) in [7, 11) is 0. The van der Waals surface area contributed by atoms with Crippen LogP contribution < -0.4 is 0 Å². The highest BCUT2D eigenvalue weighted by molar-refractivity contribution is 6.19. The van der Waals surface area contributed by atoms with Gasteiger partial charge in [-0.25, -0.2) is 15.0 Å². The smallest absolute Gasteiger partial charge is 0.166 e. The van der Waals surface area contributed by atoms with Crippen molar-refractivity contribution in [3.05, 3.63) is 237 Å². The molecule has 0 fully saturated rings. The molecule has 3 heterocycles. The molecule has 0 saturated carbocycles. The van der Waals surface area contributed by atoms with Gasteiger partial charge in [-0.05, 0) is 103 Å². The van der Waals surface area contributed by atoms with Gasteiger partial charge in [0.25, 0.3) is 0 Å². The van der Waals surface area contributed by atoms with Crippen molar-refractivity contribution in [3.63, 3.8) is 0 Å². The molecular weight excluding hydrogens is 851 g/mol. The van der Waals surface area contributed by atoms with Gasteiger partial charge in [0.1, 0.15) is 0 Å². The summed E-state index contributed by atoms with van der Waals surface area (Å²) >= 11 is 0. The molecule has 0 atom stereocenters. The number of benzene rings is 12. The van der Waals surface area contributed by atoms with Crippen molar-refractivity contribution in [2.24, 2.45) is 0 Å². The molecule has 324 valence electrons. The van der Waals surface area contributed by atoms with Crippen molar-refractivity contribution in [2.75, 3.05) is 0 Å². The van der Waals surface area contributed by atoms with Gasteiger partial charge in [-0.2, -0.15) is 0 Å². The van der Waals surface area contributed by atoms with E-state index in [0.717, 1.165) is 66.0 Å². The molecule has 5 heteroatoms. The molecule has 0 aliphatic rings. The SMILES string of the molecule is c1ccc(-c2nc(-c3cc4ccccc4cc3-n3c4ccccc4c4cc5cc(-n6c7ccccc7c7ccc8ccccc8c76)ccc5cc43)nc(-c3cc4ccccc4c4ccccc34)n2)cc1. The van der Waals surface area contributed by atoms with Crippen molar-refractivity contribution in [3.8, 4) is 45.5 Å². The number of nitrogens with zero attached hydrogens (tertiary/aromatic N) is 5. The number of fused-ring (bicyclic) bond motifs is 13. The van der Waals surface area contributed by atoms with Gasteiger partial charge in [0.15, 0.2) is 17.5 Å². The van der Waals surface area contributed by atoms with Crippen LogP contribution in [0.4, 0.5) is 0 Å². The van der Waals surface area contributed by atoms with Crippen LogP contribution in [-0.4, -0.2) is 24.1 Å². The van der Waals surface area contributed by atoms with Gasteiger partial charge in [0.05, 0.1) is 27.8 Å². The van der Waals surface area contributed by atoms with Gasteiger partial charge in [-0.3, -0.25) is 0 Å². The Balaban J connectivity index is 0.988. The molecule has 15 rings (SSSR count). The Morgan fingerprint density at radius 3 is 1.59 bits per heavy atom. The van der Waals surface area contributed by atoms with Gasteiger partial charge >= 0.3 is 0 Å². The van der Waals surface area contributed by atoms with Crippen LogP contribution in [0.5, 0.6) is 0 Å². The van der Waals surface area contributed by atoms with Gasteiger partial charge in [-0.15, -0.1) is 0 Å². The summed E-state index contributed by atoms with van der Waals surface area (Å²) in [6.07, 6.45) is 0. The van der Waals surface area contributed by atoms with E-state index in [-0.39, 0.29) is 0 Å². The van der Waals surface area contributed by atoms with Crippen LogP contribution >= 0.6 is 0 Å². The molecule has 0 saturated heterocycles. The molecule has 3 aromatic heterocycles. The van der Waals surface area contributed by atoms with E-state index in [4.69, 9.17) is 15.0 Å². The predicted molar refractivity (Wildman–Crippen MR) is 292 cm³/mol. The lowest BCUT2D eigenvalue weighted by molar-refractivity contribution is 1.07. The fourth-order valence-electron chi connectivity index (χ4n) is 11.3. The van der Waals surface area contributed by atoms with E-state index in [1.165, 1.54) is 59.5 Å². The van der Waals surface area contributed by atoms with Gasteiger partial charge in [0, 0.05) is 49.3 Å². The first-order valence-electron chi connectivity index (χ1n) is 23.8. The summed E-state index contributed by atoms with van der Waals surface area (Å²) in [5, 5.41) is 16.5. The minimum atomic E-state index is 0.608. The highest BCUT2D eigenvalue weighted by atomic mass is 15.1. The minimum Gasteiger partial charge on any atom is -0.309 e. The summed E-state index contributed by atoms with van der Waals surface area (Å²) in [5.41, 5.74) is 9.58. The van der Waals surface area contributed by atoms with Crippen LogP contribution in [-0.2, 0) is 0 Å². The fraction of sp³-hybridized carbons (Fsp3) is 0. The Kier molecular flexibility index (Phi) is 8.29. The third kappa shape index (κ3) is 5.82. The summed E-state index contributed by atoms with van der Waals surface area (Å²) < 4.78 is 4.88. The zero-order valence-corrected chi connectivity index (χ0v) is 37.8. The largest absolute Gasteiger partial charge is 0.309 e. The average molecular weight is 890 g/mol. The Hall–Kier alpha value is -9.45. The zero-order valence-electron chi connectivity index (χ0n) is 37.8. The van der Waals surface area contributed by atoms with Gasteiger partial charge in [0.2, 0.25) is 0 Å². The van der Waals surface area contributed by atoms with Crippen molar-refractivity contribution in [2.45, 2.75) is 0 Å². The first kappa shape index (κ1) is 38.6. The van der Waals surface area contributed by atoms with Crippen LogP contribution in [0.15, 0.2) is 237 Å². The Morgan fingerprint density at radius 2 is 0.800 bits per heavy atom. The molecular formula is C65H39N5. The minimum absolute atomic E-state index is 0.608. The van der Waals surface area contributed by atoms with E-state index >= 15 is 0 Å². The van der Waals surface area contributed by atoms with Crippen LogP contribution in [0.1, 0.15) is 0 Å². The molecule has 0 bridgehead atoms. The summed E-state index contributed by atoms with van der Waals surface area (Å²) in [5.74, 6) is 1.86. The van der Waals surface area contributed by atoms with E-state index in [1.54, 1.807) is 0 Å². The third-order valence-corrected chi connectivity index (χ3v) is 14.5. The second-order valence-electron chi connectivity index (χ2n) is 18.4. The fourth-order valence-corrected chi connectivity index (χ4v) is 11.3. The number of rotatable bonds is 5. The number of hydrogen-bond donors (Lipinski definition) is 0. The van der Waals surface area contributed by atoms with E-state index in [2.05, 4.69) is 228 Å². The second-order valence-corrected chi connectivity index (χ2v) is 18.4. The maximum absolute atomic E-state index is 5.50. The highest BCUT2D eigenvalue weighted by Gasteiger charge is 2.23. The maximum atomic E-state index is 5.50. The molecule has 0 spiro atoms. The molecule has 70 heavy (non-hydrogen) atoms. The number of para-hydroxylation sites is 2. The zero-order chi connectivity index (χ0) is 45.9.